The lowest BCUT2D eigenvalue weighted by molar-refractivity contribution is -0.143. The number of carboxylic acid groups (broad SMARTS) is 1. The lowest BCUT2D eigenvalue weighted by atomic mass is 10.2. The Morgan fingerprint density at radius 2 is 1.80 bits per heavy atom. The van der Waals surface area contributed by atoms with Crippen molar-refractivity contribution < 1.29 is 23.1 Å². The van der Waals surface area contributed by atoms with Crippen LogP contribution in [0.4, 0.5) is 0 Å². The zero-order valence-corrected chi connectivity index (χ0v) is 12.9. The molecule has 0 aliphatic heterocycles. The predicted octanol–water partition coefficient (Wildman–Crippen LogP) is 0.913. The number of nitrogens with zero attached hydrogens (tertiary/aromatic N) is 1. The van der Waals surface area contributed by atoms with E-state index in [0.29, 0.717) is 12.8 Å². The minimum atomic E-state index is -3.46. The third-order valence-corrected chi connectivity index (χ3v) is 5.54. The van der Waals surface area contributed by atoms with E-state index in [1.54, 1.807) is 0 Å². The summed E-state index contributed by atoms with van der Waals surface area (Å²) in [5.74, 6) is -2.21. The normalized spacial score (nSPS) is 16.6. The van der Waals surface area contributed by atoms with E-state index in [0.717, 1.165) is 17.7 Å². The molecule has 1 amide bonds. The number of hydrogen-bond donors (Lipinski definition) is 1. The average molecular weight is 305 g/mol. The number of amides is 1. The summed E-state index contributed by atoms with van der Waals surface area (Å²) in [5.41, 5.74) is 0. The van der Waals surface area contributed by atoms with Crippen molar-refractivity contribution in [3.05, 3.63) is 0 Å². The quantitative estimate of drug-likeness (QED) is 0.755. The number of sulfone groups is 1. The van der Waals surface area contributed by atoms with Gasteiger partial charge in [-0.2, -0.15) is 0 Å². The molecule has 7 heteroatoms. The van der Waals surface area contributed by atoms with Gasteiger partial charge < -0.3 is 10.0 Å². The monoisotopic (exact) mass is 305 g/mol. The first kappa shape index (κ1) is 16.9. The Labute approximate surface area is 120 Å². The lowest BCUT2D eigenvalue weighted by Crippen LogP contribution is -2.42. The maximum absolute atomic E-state index is 12.1. The Hall–Kier alpha value is -1.11. The van der Waals surface area contributed by atoms with Crippen LogP contribution in [0.1, 0.15) is 39.5 Å². The maximum atomic E-state index is 12.1. The molecular weight excluding hydrogens is 282 g/mol. The highest BCUT2D eigenvalue weighted by molar-refractivity contribution is 7.92. The van der Waals surface area contributed by atoms with Crippen molar-refractivity contribution in [2.24, 2.45) is 5.92 Å². The zero-order valence-electron chi connectivity index (χ0n) is 12.0. The summed E-state index contributed by atoms with van der Waals surface area (Å²) in [4.78, 5) is 24.0. The van der Waals surface area contributed by atoms with Crippen LogP contribution in [0.2, 0.25) is 0 Å². The molecule has 0 radical (unpaired) electrons. The molecule has 116 valence electrons. The average Bonchev–Trinajstić information content (AvgIpc) is 2.79. The van der Waals surface area contributed by atoms with E-state index in [1.807, 2.05) is 13.8 Å². The van der Waals surface area contributed by atoms with Crippen molar-refractivity contribution in [3.63, 3.8) is 0 Å². The number of aliphatic carboxylic acids is 1. The summed E-state index contributed by atoms with van der Waals surface area (Å²) >= 11 is 0. The highest BCUT2D eigenvalue weighted by atomic mass is 32.2. The fourth-order valence-corrected chi connectivity index (χ4v) is 4.30. The SMILES string of the molecule is CC(C)CN(CC(=O)O)C(=O)CS(=O)(=O)C1CCCC1. The van der Waals surface area contributed by atoms with Crippen molar-refractivity contribution in [1.29, 1.82) is 0 Å². The van der Waals surface area contributed by atoms with Crippen LogP contribution in [0.5, 0.6) is 0 Å². The van der Waals surface area contributed by atoms with Gasteiger partial charge in [-0.3, -0.25) is 9.59 Å². The van der Waals surface area contributed by atoms with Gasteiger partial charge in [0.2, 0.25) is 5.91 Å². The summed E-state index contributed by atoms with van der Waals surface area (Å²) < 4.78 is 24.2. The second-order valence-electron chi connectivity index (χ2n) is 5.78. The van der Waals surface area contributed by atoms with Crippen LogP contribution in [-0.4, -0.2) is 54.4 Å². The lowest BCUT2D eigenvalue weighted by Gasteiger charge is -2.23. The molecule has 1 aliphatic rings. The van der Waals surface area contributed by atoms with Crippen LogP contribution in [0.25, 0.3) is 0 Å². The fourth-order valence-electron chi connectivity index (χ4n) is 2.49. The van der Waals surface area contributed by atoms with Gasteiger partial charge in [0.05, 0.1) is 5.25 Å². The molecule has 0 heterocycles. The first-order valence-corrected chi connectivity index (χ1v) is 8.65. The number of carbonyl (C=O) groups excluding carboxylic acids is 1. The maximum Gasteiger partial charge on any atom is 0.323 e. The molecule has 0 aromatic carbocycles. The van der Waals surface area contributed by atoms with E-state index in [1.165, 1.54) is 0 Å². The summed E-state index contributed by atoms with van der Waals surface area (Å²) in [6.45, 7) is 3.52. The Balaban J connectivity index is 2.71. The molecule has 1 aliphatic carbocycles. The second kappa shape index (κ2) is 7.06. The van der Waals surface area contributed by atoms with Crippen molar-refractivity contribution >= 4 is 21.7 Å². The van der Waals surface area contributed by atoms with Gasteiger partial charge in [0, 0.05) is 6.54 Å². The van der Waals surface area contributed by atoms with Gasteiger partial charge in [-0.15, -0.1) is 0 Å². The molecule has 0 spiro atoms. The molecule has 0 aromatic heterocycles. The van der Waals surface area contributed by atoms with Crippen LogP contribution >= 0.6 is 0 Å². The third-order valence-electron chi connectivity index (χ3n) is 3.40. The van der Waals surface area contributed by atoms with E-state index in [4.69, 9.17) is 5.11 Å². The smallest absolute Gasteiger partial charge is 0.323 e. The van der Waals surface area contributed by atoms with Gasteiger partial charge >= 0.3 is 5.97 Å². The molecular formula is C13H23NO5S. The van der Waals surface area contributed by atoms with E-state index in [2.05, 4.69) is 0 Å². The Morgan fingerprint density at radius 1 is 1.25 bits per heavy atom. The molecule has 0 saturated heterocycles. The first-order chi connectivity index (χ1) is 9.22. The van der Waals surface area contributed by atoms with Crippen LogP contribution in [0.15, 0.2) is 0 Å². The van der Waals surface area contributed by atoms with Gasteiger partial charge in [0.1, 0.15) is 12.3 Å². The third kappa shape index (κ3) is 5.11. The topological polar surface area (TPSA) is 91.8 Å². The Kier molecular flexibility index (Phi) is 5.98. The molecule has 1 saturated carbocycles. The van der Waals surface area contributed by atoms with Crippen molar-refractivity contribution in [3.8, 4) is 0 Å². The predicted molar refractivity (Wildman–Crippen MR) is 75.1 cm³/mol. The number of hydrogen-bond acceptors (Lipinski definition) is 4. The molecule has 6 nitrogen and oxygen atoms in total. The second-order valence-corrected chi connectivity index (χ2v) is 8.06. The van der Waals surface area contributed by atoms with Crippen molar-refractivity contribution in [1.82, 2.24) is 4.90 Å². The molecule has 0 aromatic rings. The minimum Gasteiger partial charge on any atom is -0.480 e. The fraction of sp³-hybridized carbons (Fsp3) is 0.846. The first-order valence-electron chi connectivity index (χ1n) is 6.93. The molecule has 0 bridgehead atoms. The van der Waals surface area contributed by atoms with E-state index < -0.39 is 39.3 Å². The zero-order chi connectivity index (χ0) is 15.3. The number of carbonyl (C=O) groups is 2. The summed E-state index contributed by atoms with van der Waals surface area (Å²) in [7, 11) is -3.46. The van der Waals surface area contributed by atoms with Gasteiger partial charge in [-0.1, -0.05) is 26.7 Å². The molecule has 1 rings (SSSR count). The van der Waals surface area contributed by atoms with Gasteiger partial charge in [0.25, 0.3) is 0 Å². The van der Waals surface area contributed by atoms with Crippen LogP contribution < -0.4 is 0 Å². The van der Waals surface area contributed by atoms with Crippen LogP contribution in [0.3, 0.4) is 0 Å². The molecule has 0 atom stereocenters. The van der Waals surface area contributed by atoms with Gasteiger partial charge in [-0.05, 0) is 18.8 Å². The molecule has 1 fully saturated rings. The molecule has 0 unspecified atom stereocenters. The number of rotatable bonds is 7. The highest BCUT2D eigenvalue weighted by Crippen LogP contribution is 2.25. The molecule has 20 heavy (non-hydrogen) atoms. The van der Waals surface area contributed by atoms with E-state index in [9.17, 15) is 18.0 Å². The molecule has 1 N–H and O–H groups in total. The van der Waals surface area contributed by atoms with E-state index >= 15 is 0 Å². The summed E-state index contributed by atoms with van der Waals surface area (Å²) in [6, 6.07) is 0. The van der Waals surface area contributed by atoms with Crippen LogP contribution in [0, 0.1) is 5.92 Å². The Bertz CT molecular complexity index is 451. The van der Waals surface area contributed by atoms with Crippen molar-refractivity contribution in [2.75, 3.05) is 18.8 Å². The minimum absolute atomic E-state index is 0.0903. The standard InChI is InChI=1S/C13H23NO5S/c1-10(2)7-14(8-13(16)17)12(15)9-20(18,19)11-5-3-4-6-11/h10-11H,3-9H2,1-2H3,(H,16,17). The summed E-state index contributed by atoms with van der Waals surface area (Å²) in [6.07, 6.45) is 2.98. The summed E-state index contributed by atoms with van der Waals surface area (Å²) in [5, 5.41) is 8.38. The Morgan fingerprint density at radius 3 is 2.25 bits per heavy atom. The highest BCUT2D eigenvalue weighted by Gasteiger charge is 2.32. The van der Waals surface area contributed by atoms with Gasteiger partial charge in [-0.25, -0.2) is 8.42 Å². The van der Waals surface area contributed by atoms with E-state index in [-0.39, 0.29) is 12.5 Å². The largest absolute Gasteiger partial charge is 0.480 e. The van der Waals surface area contributed by atoms with Crippen molar-refractivity contribution in [2.45, 2.75) is 44.8 Å². The van der Waals surface area contributed by atoms with Crippen LogP contribution in [-0.2, 0) is 19.4 Å². The number of carboxylic acids is 1. The van der Waals surface area contributed by atoms with Gasteiger partial charge in [0.15, 0.2) is 9.84 Å².